The third-order valence-electron chi connectivity index (χ3n) is 4.54. The fraction of sp³-hybridized carbons (Fsp3) is 0.556. The maximum atomic E-state index is 12.5. The Morgan fingerprint density at radius 3 is 2.39 bits per heavy atom. The Labute approximate surface area is 161 Å². The largest absolute Gasteiger partial charge is 0.416 e. The molecule has 1 saturated heterocycles. The molecule has 3 amide bonds. The van der Waals surface area contributed by atoms with Crippen molar-refractivity contribution in [3.63, 3.8) is 0 Å². The molecule has 0 aromatic heterocycles. The summed E-state index contributed by atoms with van der Waals surface area (Å²) in [5.74, 6) is -0.0292. The second-order valence-corrected chi connectivity index (χ2v) is 6.72. The second kappa shape index (κ2) is 10.3. The summed E-state index contributed by atoms with van der Waals surface area (Å²) < 4.78 is 42.5. The Morgan fingerprint density at radius 2 is 1.82 bits per heavy atom. The maximum Gasteiger partial charge on any atom is 0.416 e. The number of rotatable bonds is 7. The van der Waals surface area contributed by atoms with Crippen LogP contribution in [0.3, 0.4) is 0 Å². The number of quaternary nitrogens is 1. The molecule has 1 heterocycles. The molecule has 28 heavy (non-hydrogen) atoms. The minimum absolute atomic E-state index is 0.0292. The number of alkyl halides is 3. The van der Waals surface area contributed by atoms with Gasteiger partial charge in [0.2, 0.25) is 0 Å². The van der Waals surface area contributed by atoms with E-state index in [4.69, 9.17) is 4.74 Å². The molecule has 156 valence electrons. The van der Waals surface area contributed by atoms with Crippen molar-refractivity contribution in [2.24, 2.45) is 0 Å². The molecular formula is C18H26F3N4O3+. The van der Waals surface area contributed by atoms with Crippen LogP contribution in [0.1, 0.15) is 18.4 Å². The van der Waals surface area contributed by atoms with Gasteiger partial charge in [0.05, 0.1) is 25.3 Å². The molecule has 0 atom stereocenters. The van der Waals surface area contributed by atoms with Gasteiger partial charge in [-0.25, -0.2) is 4.79 Å². The van der Waals surface area contributed by atoms with E-state index in [0.717, 1.165) is 43.0 Å². The first-order valence-electron chi connectivity index (χ1n) is 9.12. The average molecular weight is 403 g/mol. The molecule has 4 N–H and O–H groups in total. The van der Waals surface area contributed by atoms with Crippen molar-refractivity contribution in [2.45, 2.75) is 25.1 Å². The first-order chi connectivity index (χ1) is 13.3. The van der Waals surface area contributed by atoms with E-state index in [-0.39, 0.29) is 11.9 Å². The van der Waals surface area contributed by atoms with E-state index >= 15 is 0 Å². The molecule has 10 heteroatoms. The lowest BCUT2D eigenvalue weighted by Gasteiger charge is -2.29. The van der Waals surface area contributed by atoms with Gasteiger partial charge in [-0.05, 0) is 24.3 Å². The van der Waals surface area contributed by atoms with Crippen LogP contribution < -0.4 is 20.9 Å². The van der Waals surface area contributed by atoms with Crippen LogP contribution in [-0.4, -0.2) is 57.9 Å². The van der Waals surface area contributed by atoms with Gasteiger partial charge in [0.15, 0.2) is 6.54 Å². The number of nitrogens with one attached hydrogen (secondary N) is 4. The zero-order valence-electron chi connectivity index (χ0n) is 15.7. The second-order valence-electron chi connectivity index (χ2n) is 6.72. The highest BCUT2D eigenvalue weighted by Crippen LogP contribution is 2.29. The van der Waals surface area contributed by atoms with E-state index < -0.39 is 17.8 Å². The summed E-state index contributed by atoms with van der Waals surface area (Å²) in [5, 5.41) is 8.15. The monoisotopic (exact) mass is 403 g/mol. The number of ether oxygens (including phenoxy) is 1. The lowest BCUT2D eigenvalue weighted by Crippen LogP contribution is -3.14. The fourth-order valence-electron chi connectivity index (χ4n) is 3.02. The molecule has 0 unspecified atom stereocenters. The fourth-order valence-corrected chi connectivity index (χ4v) is 3.02. The minimum Gasteiger partial charge on any atom is -0.383 e. The molecule has 0 bridgehead atoms. The molecule has 0 radical (unpaired) electrons. The summed E-state index contributed by atoms with van der Waals surface area (Å²) >= 11 is 0. The molecule has 2 rings (SSSR count). The van der Waals surface area contributed by atoms with E-state index in [1.807, 2.05) is 0 Å². The van der Waals surface area contributed by atoms with Crippen molar-refractivity contribution in [1.82, 2.24) is 10.6 Å². The van der Waals surface area contributed by atoms with Crippen LogP contribution in [0.2, 0.25) is 0 Å². The van der Waals surface area contributed by atoms with Gasteiger partial charge in [-0.2, -0.15) is 13.2 Å². The number of methoxy groups -OCH3 is 1. The van der Waals surface area contributed by atoms with Crippen LogP contribution in [0, 0.1) is 0 Å². The van der Waals surface area contributed by atoms with Crippen LogP contribution >= 0.6 is 0 Å². The Hall–Kier alpha value is -2.33. The first kappa shape index (κ1) is 22.0. The summed E-state index contributed by atoms with van der Waals surface area (Å²) in [5.41, 5.74) is -0.471. The number of hydrogen-bond donors (Lipinski definition) is 4. The third kappa shape index (κ3) is 7.35. The number of likely N-dealkylation sites (tertiary alicyclic amines) is 1. The number of piperidine rings is 1. The summed E-state index contributed by atoms with van der Waals surface area (Å²) in [4.78, 5) is 25.0. The lowest BCUT2D eigenvalue weighted by molar-refractivity contribution is -0.897. The van der Waals surface area contributed by atoms with Crippen molar-refractivity contribution in [1.29, 1.82) is 0 Å². The number of urea groups is 1. The molecule has 1 aliphatic heterocycles. The van der Waals surface area contributed by atoms with Crippen molar-refractivity contribution in [2.75, 3.05) is 45.2 Å². The molecule has 7 nitrogen and oxygen atoms in total. The van der Waals surface area contributed by atoms with E-state index in [1.54, 1.807) is 7.11 Å². The highest BCUT2D eigenvalue weighted by atomic mass is 19.4. The molecule has 1 fully saturated rings. The predicted octanol–water partition coefficient (Wildman–Crippen LogP) is 0.637. The van der Waals surface area contributed by atoms with Crippen LogP contribution in [0.15, 0.2) is 24.3 Å². The molecule has 0 saturated carbocycles. The normalized spacial score (nSPS) is 19.7. The van der Waals surface area contributed by atoms with Crippen molar-refractivity contribution in [3.8, 4) is 0 Å². The van der Waals surface area contributed by atoms with Gasteiger partial charge in [-0.3, -0.25) is 4.79 Å². The van der Waals surface area contributed by atoms with Crippen LogP contribution in [-0.2, 0) is 15.7 Å². The highest BCUT2D eigenvalue weighted by Gasteiger charge is 2.30. The molecule has 1 aromatic rings. The van der Waals surface area contributed by atoms with Crippen molar-refractivity contribution in [3.05, 3.63) is 29.8 Å². The molecular weight excluding hydrogens is 377 g/mol. The number of carbonyl (C=O) groups excluding carboxylic acids is 2. The molecule has 1 aromatic carbocycles. The number of amides is 3. The maximum absolute atomic E-state index is 12.5. The van der Waals surface area contributed by atoms with Crippen molar-refractivity contribution >= 4 is 17.6 Å². The van der Waals surface area contributed by atoms with E-state index in [9.17, 15) is 22.8 Å². The zero-order chi connectivity index (χ0) is 20.6. The van der Waals surface area contributed by atoms with Crippen LogP contribution in [0.4, 0.5) is 23.7 Å². The zero-order valence-corrected chi connectivity index (χ0v) is 15.7. The Morgan fingerprint density at radius 1 is 1.18 bits per heavy atom. The van der Waals surface area contributed by atoms with Gasteiger partial charge in [0.1, 0.15) is 0 Å². The van der Waals surface area contributed by atoms with Gasteiger partial charge in [-0.1, -0.05) is 0 Å². The number of hydrogen-bond acceptors (Lipinski definition) is 3. The molecule has 1 aliphatic rings. The van der Waals surface area contributed by atoms with Crippen LogP contribution in [0.25, 0.3) is 0 Å². The quantitative estimate of drug-likeness (QED) is 0.504. The highest BCUT2D eigenvalue weighted by molar-refractivity contribution is 5.89. The smallest absolute Gasteiger partial charge is 0.383 e. The summed E-state index contributed by atoms with van der Waals surface area (Å²) in [7, 11) is 1.57. The molecule has 0 aliphatic carbocycles. The summed E-state index contributed by atoms with van der Waals surface area (Å²) in [6, 6.07) is 3.80. The van der Waals surface area contributed by atoms with Gasteiger partial charge in [0, 0.05) is 38.2 Å². The average Bonchev–Trinajstić information content (AvgIpc) is 2.63. The number of benzene rings is 1. The van der Waals surface area contributed by atoms with E-state index in [1.165, 1.54) is 12.1 Å². The minimum atomic E-state index is -4.40. The van der Waals surface area contributed by atoms with Crippen molar-refractivity contribution < 1.29 is 32.4 Å². The Bertz CT molecular complexity index is 644. The Kier molecular flexibility index (Phi) is 8.06. The third-order valence-corrected chi connectivity index (χ3v) is 4.54. The topological polar surface area (TPSA) is 83.9 Å². The summed E-state index contributed by atoms with van der Waals surface area (Å²) in [6.07, 6.45) is -2.96. The SMILES string of the molecule is COCCNC(=O)C[NH+]1CCC(NC(=O)Nc2ccc(C(F)(F)F)cc2)CC1. The van der Waals surface area contributed by atoms with Gasteiger partial charge < -0.3 is 25.6 Å². The van der Waals surface area contributed by atoms with Gasteiger partial charge in [0.25, 0.3) is 5.91 Å². The lowest BCUT2D eigenvalue weighted by atomic mass is 10.1. The predicted molar refractivity (Wildman–Crippen MR) is 97.1 cm³/mol. The Balaban J connectivity index is 1.69. The first-order valence-corrected chi connectivity index (χ1v) is 9.12. The van der Waals surface area contributed by atoms with Gasteiger partial charge in [-0.15, -0.1) is 0 Å². The van der Waals surface area contributed by atoms with E-state index in [0.29, 0.717) is 25.4 Å². The van der Waals surface area contributed by atoms with E-state index in [2.05, 4.69) is 16.0 Å². The number of halogens is 3. The summed E-state index contributed by atoms with van der Waals surface area (Å²) in [6.45, 7) is 2.85. The standard InChI is InChI=1S/C18H25F3N4O3/c1-28-11-8-22-16(26)12-25-9-6-15(7-10-25)24-17(27)23-14-4-2-13(3-5-14)18(19,20)21/h2-5,15H,6-12H2,1H3,(H,22,26)(H2,23,24,27)/p+1. The van der Waals surface area contributed by atoms with Gasteiger partial charge >= 0.3 is 12.2 Å². The molecule has 0 spiro atoms. The number of anilines is 1. The van der Waals surface area contributed by atoms with Crippen LogP contribution in [0.5, 0.6) is 0 Å². The number of carbonyl (C=O) groups is 2.